The topological polar surface area (TPSA) is 38.8 Å². The van der Waals surface area contributed by atoms with E-state index in [-0.39, 0.29) is 0 Å². The molecule has 140 valence electrons. The van der Waals surface area contributed by atoms with E-state index < -0.39 is 30.3 Å². The molecule has 0 aromatic heterocycles. The van der Waals surface area contributed by atoms with Crippen LogP contribution >= 0.6 is 11.6 Å². The maximum atomic E-state index is 13.0. The summed E-state index contributed by atoms with van der Waals surface area (Å²) in [7, 11) is 0. The molecule has 0 saturated carbocycles. The molecular weight excluding hydrogens is 359 g/mol. The van der Waals surface area contributed by atoms with Crippen molar-refractivity contribution in [1.82, 2.24) is 4.90 Å². The highest BCUT2D eigenvalue weighted by molar-refractivity contribution is 6.30. The number of nitrogens with zero attached hydrogens (tertiary/aromatic N) is 1. The molecule has 0 unspecified atom stereocenters. The Labute approximate surface area is 149 Å². The fourth-order valence-corrected chi connectivity index (χ4v) is 2.87. The van der Waals surface area contributed by atoms with Crippen molar-refractivity contribution in [2.45, 2.75) is 44.5 Å². The quantitative estimate of drug-likeness (QED) is 0.774. The Morgan fingerprint density at radius 2 is 1.80 bits per heavy atom. The minimum absolute atomic E-state index is 0.338. The molecule has 1 aromatic rings. The van der Waals surface area contributed by atoms with Crippen LogP contribution in [0.3, 0.4) is 0 Å². The monoisotopic (exact) mass is 379 g/mol. The second-order valence-electron chi connectivity index (χ2n) is 6.46. The molecule has 1 fully saturated rings. The molecule has 0 atom stereocenters. The van der Waals surface area contributed by atoms with E-state index in [1.807, 2.05) is 0 Å². The normalized spacial score (nSPS) is 16.6. The molecule has 0 spiro atoms. The lowest BCUT2D eigenvalue weighted by Crippen LogP contribution is -2.56. The van der Waals surface area contributed by atoms with Crippen LogP contribution in [0.5, 0.6) is 5.75 Å². The molecule has 2 rings (SSSR count). The van der Waals surface area contributed by atoms with Gasteiger partial charge in [0.25, 0.3) is 5.91 Å². The van der Waals surface area contributed by atoms with Crippen LogP contribution in [0, 0.1) is 0 Å². The van der Waals surface area contributed by atoms with Gasteiger partial charge in [-0.3, -0.25) is 4.79 Å². The van der Waals surface area contributed by atoms with Crippen LogP contribution in [0.4, 0.5) is 13.2 Å². The summed E-state index contributed by atoms with van der Waals surface area (Å²) in [4.78, 5) is 13.7. The first-order chi connectivity index (χ1) is 11.6. The van der Waals surface area contributed by atoms with E-state index in [0.717, 1.165) is 4.90 Å². The molecule has 1 aliphatic heterocycles. The Kier molecular flexibility index (Phi) is 6.21. The second-order valence-corrected chi connectivity index (χ2v) is 6.89. The Bertz CT molecular complexity index is 584. The molecule has 0 bridgehead atoms. The van der Waals surface area contributed by atoms with Crippen molar-refractivity contribution >= 4 is 17.5 Å². The lowest BCUT2D eigenvalue weighted by molar-refractivity contribution is -0.177. The van der Waals surface area contributed by atoms with Gasteiger partial charge in [0, 0.05) is 24.3 Å². The smallest absolute Gasteiger partial charge is 0.406 e. The van der Waals surface area contributed by atoms with Crippen molar-refractivity contribution in [3.8, 4) is 5.75 Å². The van der Waals surface area contributed by atoms with Gasteiger partial charge >= 0.3 is 6.18 Å². The van der Waals surface area contributed by atoms with Crippen LogP contribution in [0.1, 0.15) is 26.7 Å². The Balaban J connectivity index is 2.18. The van der Waals surface area contributed by atoms with Crippen LogP contribution in [-0.2, 0) is 9.53 Å². The number of carbonyl (C=O) groups excluding carboxylic acids is 1. The van der Waals surface area contributed by atoms with E-state index in [2.05, 4.69) is 0 Å². The summed E-state index contributed by atoms with van der Waals surface area (Å²) < 4.78 is 49.8. The zero-order valence-corrected chi connectivity index (χ0v) is 14.9. The molecule has 8 heteroatoms. The standard InChI is InChI=1S/C17H21ClF3NO3/c1-16(2,25-14-5-3-12(18)4-6-14)15(23)22(11-17(19,20)21)13-7-9-24-10-8-13/h3-6,13H,7-11H2,1-2H3. The number of halogens is 4. The average molecular weight is 380 g/mol. The van der Waals surface area contributed by atoms with Crippen LogP contribution in [-0.4, -0.2) is 48.4 Å². The van der Waals surface area contributed by atoms with Gasteiger partial charge in [-0.15, -0.1) is 0 Å². The number of benzene rings is 1. The highest BCUT2D eigenvalue weighted by atomic mass is 35.5. The van der Waals surface area contributed by atoms with Crippen molar-refractivity contribution in [2.24, 2.45) is 0 Å². The largest absolute Gasteiger partial charge is 0.478 e. The van der Waals surface area contributed by atoms with E-state index in [9.17, 15) is 18.0 Å². The van der Waals surface area contributed by atoms with Gasteiger partial charge in [0.2, 0.25) is 0 Å². The molecule has 0 radical (unpaired) electrons. The summed E-state index contributed by atoms with van der Waals surface area (Å²) in [6, 6.07) is 5.79. The summed E-state index contributed by atoms with van der Waals surface area (Å²) in [5.41, 5.74) is -1.45. The summed E-state index contributed by atoms with van der Waals surface area (Å²) in [5.74, 6) is -0.339. The number of hydrogen-bond acceptors (Lipinski definition) is 3. The molecule has 1 saturated heterocycles. The highest BCUT2D eigenvalue weighted by Gasteiger charge is 2.43. The molecular formula is C17H21ClF3NO3. The Hall–Kier alpha value is -1.47. The van der Waals surface area contributed by atoms with Gasteiger partial charge in [0.1, 0.15) is 12.3 Å². The van der Waals surface area contributed by atoms with E-state index in [1.54, 1.807) is 24.3 Å². The van der Waals surface area contributed by atoms with Crippen molar-refractivity contribution in [3.05, 3.63) is 29.3 Å². The number of amides is 1. The van der Waals surface area contributed by atoms with E-state index >= 15 is 0 Å². The molecule has 0 N–H and O–H groups in total. The van der Waals surface area contributed by atoms with Gasteiger partial charge < -0.3 is 14.4 Å². The Morgan fingerprint density at radius 1 is 1.24 bits per heavy atom. The van der Waals surface area contributed by atoms with Gasteiger partial charge in [-0.05, 0) is 51.0 Å². The van der Waals surface area contributed by atoms with Gasteiger partial charge in [-0.1, -0.05) is 11.6 Å². The molecule has 0 aliphatic carbocycles. The van der Waals surface area contributed by atoms with Gasteiger partial charge in [-0.2, -0.15) is 13.2 Å². The summed E-state index contributed by atoms with van der Waals surface area (Å²) in [6.45, 7) is 2.30. The van der Waals surface area contributed by atoms with Gasteiger partial charge in [0.05, 0.1) is 0 Å². The fraction of sp³-hybridized carbons (Fsp3) is 0.588. The molecule has 1 aromatic carbocycles. The third-order valence-electron chi connectivity index (χ3n) is 3.94. The summed E-state index contributed by atoms with van der Waals surface area (Å²) in [5, 5.41) is 0.498. The molecule has 4 nitrogen and oxygen atoms in total. The third kappa shape index (κ3) is 5.78. The Morgan fingerprint density at radius 3 is 2.32 bits per heavy atom. The molecule has 25 heavy (non-hydrogen) atoms. The lowest BCUT2D eigenvalue weighted by Gasteiger charge is -2.39. The van der Waals surface area contributed by atoms with Gasteiger partial charge in [0.15, 0.2) is 5.60 Å². The first-order valence-electron chi connectivity index (χ1n) is 7.99. The minimum Gasteiger partial charge on any atom is -0.478 e. The van der Waals surface area contributed by atoms with E-state index in [1.165, 1.54) is 13.8 Å². The SMILES string of the molecule is CC(C)(Oc1ccc(Cl)cc1)C(=O)N(CC(F)(F)F)C1CCOCC1. The number of hydrogen-bond donors (Lipinski definition) is 0. The van der Waals surface area contributed by atoms with Crippen LogP contribution in [0.15, 0.2) is 24.3 Å². The number of rotatable bonds is 5. The van der Waals surface area contributed by atoms with Crippen molar-refractivity contribution in [2.75, 3.05) is 19.8 Å². The maximum absolute atomic E-state index is 13.0. The summed E-state index contributed by atoms with van der Waals surface area (Å²) in [6.07, 6.45) is -3.73. The third-order valence-corrected chi connectivity index (χ3v) is 4.20. The average Bonchev–Trinajstić information content (AvgIpc) is 2.54. The van der Waals surface area contributed by atoms with Crippen LogP contribution < -0.4 is 4.74 Å². The first kappa shape index (κ1) is 19.8. The fourth-order valence-electron chi connectivity index (χ4n) is 2.74. The van der Waals surface area contributed by atoms with E-state index in [0.29, 0.717) is 36.8 Å². The number of alkyl halides is 3. The molecule has 1 amide bonds. The number of ether oxygens (including phenoxy) is 2. The van der Waals surface area contributed by atoms with Gasteiger partial charge in [-0.25, -0.2) is 0 Å². The highest BCUT2D eigenvalue weighted by Crippen LogP contribution is 2.28. The zero-order valence-electron chi connectivity index (χ0n) is 14.1. The molecule has 1 aliphatic rings. The van der Waals surface area contributed by atoms with Crippen LogP contribution in [0.2, 0.25) is 5.02 Å². The van der Waals surface area contributed by atoms with Crippen molar-refractivity contribution < 1.29 is 27.4 Å². The first-order valence-corrected chi connectivity index (χ1v) is 8.36. The maximum Gasteiger partial charge on any atom is 0.406 e. The zero-order chi connectivity index (χ0) is 18.7. The minimum atomic E-state index is -4.48. The van der Waals surface area contributed by atoms with Crippen LogP contribution in [0.25, 0.3) is 0 Å². The summed E-state index contributed by atoms with van der Waals surface area (Å²) >= 11 is 5.80. The van der Waals surface area contributed by atoms with E-state index in [4.69, 9.17) is 21.1 Å². The van der Waals surface area contributed by atoms with Crippen molar-refractivity contribution in [1.29, 1.82) is 0 Å². The predicted molar refractivity (Wildman–Crippen MR) is 87.8 cm³/mol. The second kappa shape index (κ2) is 7.83. The molecule has 1 heterocycles. The van der Waals surface area contributed by atoms with Crippen molar-refractivity contribution in [3.63, 3.8) is 0 Å². The predicted octanol–water partition coefficient (Wildman–Crippen LogP) is 4.07. The lowest BCUT2D eigenvalue weighted by atomic mass is 10.0. The number of carbonyl (C=O) groups is 1.